The fourth-order valence-electron chi connectivity index (χ4n) is 4.14. The predicted molar refractivity (Wildman–Crippen MR) is 122 cm³/mol. The van der Waals surface area contributed by atoms with E-state index in [2.05, 4.69) is 16.7 Å². The molecule has 164 valence electrons. The van der Waals surface area contributed by atoms with Crippen molar-refractivity contribution in [3.8, 4) is 6.07 Å². The summed E-state index contributed by atoms with van der Waals surface area (Å²) < 4.78 is 10.3. The normalized spacial score (nSPS) is 20.3. The first-order valence-corrected chi connectivity index (χ1v) is 11.2. The minimum absolute atomic E-state index is 0.112. The average Bonchev–Trinajstić information content (AvgIpc) is 3.15. The molecule has 0 saturated carbocycles. The van der Waals surface area contributed by atoms with Gasteiger partial charge in [-0.05, 0) is 32.9 Å². The number of nitriles is 1. The molecule has 4 rings (SSSR count). The molecule has 2 aliphatic heterocycles. The molecule has 1 spiro atoms. The number of nitrogens with zero attached hydrogens (tertiary/aromatic N) is 1. The van der Waals surface area contributed by atoms with Gasteiger partial charge in [0, 0.05) is 22.5 Å². The Morgan fingerprint density at radius 2 is 1.72 bits per heavy atom. The molecule has 2 atom stereocenters. The zero-order chi connectivity index (χ0) is 22.9. The molecule has 0 aliphatic carbocycles. The van der Waals surface area contributed by atoms with Crippen molar-refractivity contribution < 1.29 is 19.1 Å². The summed E-state index contributed by atoms with van der Waals surface area (Å²) in [5.41, 5.74) is 3.28. The first-order chi connectivity index (χ1) is 15.5. The summed E-state index contributed by atoms with van der Waals surface area (Å²) in [4.78, 5) is 25.5. The van der Waals surface area contributed by atoms with Crippen molar-refractivity contribution in [2.75, 3.05) is 18.5 Å². The number of ether oxygens (including phenoxy) is 2. The Hall–Kier alpha value is -3.44. The first-order valence-electron chi connectivity index (χ1n) is 10.4. The van der Waals surface area contributed by atoms with E-state index in [4.69, 9.17) is 9.47 Å². The van der Waals surface area contributed by atoms with Crippen molar-refractivity contribution in [1.82, 2.24) is 5.32 Å². The number of hydrogen-bond acceptors (Lipinski definition) is 8. The number of rotatable bonds is 4. The van der Waals surface area contributed by atoms with Gasteiger partial charge in [-0.3, -0.25) is 0 Å². The second-order valence-electron chi connectivity index (χ2n) is 7.42. The molecular formula is C24H23N3O4S. The Kier molecular flexibility index (Phi) is 5.85. The Bertz CT molecular complexity index is 1150. The average molecular weight is 450 g/mol. The summed E-state index contributed by atoms with van der Waals surface area (Å²) in [7, 11) is 0. The minimum Gasteiger partial charge on any atom is -0.462 e. The second kappa shape index (κ2) is 8.60. The summed E-state index contributed by atoms with van der Waals surface area (Å²) >= 11 is 1.14. The van der Waals surface area contributed by atoms with E-state index >= 15 is 0 Å². The van der Waals surface area contributed by atoms with Crippen molar-refractivity contribution >= 4 is 35.1 Å². The predicted octanol–water partition coefficient (Wildman–Crippen LogP) is 3.86. The van der Waals surface area contributed by atoms with Gasteiger partial charge in [0.1, 0.15) is 10.8 Å². The van der Waals surface area contributed by atoms with E-state index < -0.39 is 22.7 Å². The maximum absolute atomic E-state index is 12.7. The largest absolute Gasteiger partial charge is 0.462 e. The molecule has 8 heteroatoms. The van der Waals surface area contributed by atoms with Crippen LogP contribution in [0.25, 0.3) is 0 Å². The lowest BCUT2D eigenvalue weighted by Gasteiger charge is -2.40. The van der Waals surface area contributed by atoms with Crippen molar-refractivity contribution in [1.29, 1.82) is 5.26 Å². The molecule has 2 aromatic carbocycles. The van der Waals surface area contributed by atoms with Crippen LogP contribution in [0.2, 0.25) is 0 Å². The summed E-state index contributed by atoms with van der Waals surface area (Å²) in [6.07, 6.45) is 0. The maximum Gasteiger partial charge on any atom is 0.348 e. The van der Waals surface area contributed by atoms with Crippen molar-refractivity contribution in [2.45, 2.75) is 31.6 Å². The van der Waals surface area contributed by atoms with Crippen LogP contribution >= 0.6 is 11.8 Å². The lowest BCUT2D eigenvalue weighted by Crippen LogP contribution is -2.47. The quantitative estimate of drug-likeness (QED) is 0.314. The van der Waals surface area contributed by atoms with E-state index in [1.165, 1.54) is 0 Å². The Morgan fingerprint density at radius 3 is 2.38 bits per heavy atom. The summed E-state index contributed by atoms with van der Waals surface area (Å²) in [5, 5.41) is 16.7. The van der Waals surface area contributed by atoms with E-state index in [9.17, 15) is 14.9 Å². The SMILES string of the molecule is CCOC(=O)C(C(=O)OCC)=C1NC2(c3ccccc3Nc3ccc(C)cc32)C(C#N)S1. The number of carbonyl (C=O) groups is 2. The molecule has 1 fully saturated rings. The smallest absolute Gasteiger partial charge is 0.348 e. The number of anilines is 2. The molecule has 2 unspecified atom stereocenters. The summed E-state index contributed by atoms with van der Waals surface area (Å²) in [6, 6.07) is 16.1. The molecule has 1 saturated heterocycles. The molecule has 0 bridgehead atoms. The van der Waals surface area contributed by atoms with Gasteiger partial charge in [0.25, 0.3) is 0 Å². The molecule has 0 aromatic heterocycles. The number of benzene rings is 2. The summed E-state index contributed by atoms with van der Waals surface area (Å²) in [6.45, 7) is 5.55. The third-order valence-corrected chi connectivity index (χ3v) is 6.70. The Morgan fingerprint density at radius 1 is 1.06 bits per heavy atom. The van der Waals surface area contributed by atoms with Gasteiger partial charge in [-0.15, -0.1) is 0 Å². The van der Waals surface area contributed by atoms with Crippen molar-refractivity contribution in [3.63, 3.8) is 0 Å². The number of fused-ring (bicyclic) bond motifs is 4. The molecule has 0 radical (unpaired) electrons. The van der Waals surface area contributed by atoms with Gasteiger partial charge in [-0.1, -0.05) is 47.7 Å². The molecule has 32 heavy (non-hydrogen) atoms. The standard InChI is InChI=1S/C24H23N3O4S/c1-4-30-22(28)20(23(29)31-5-2)21-27-24(19(13-25)32-21)15-8-6-7-9-17(15)26-18-11-10-14(3)12-16(18)24/h6-12,19,26-27H,4-5H2,1-3H3. The van der Waals surface area contributed by atoms with Crippen LogP contribution in [0.1, 0.15) is 30.5 Å². The van der Waals surface area contributed by atoms with Crippen LogP contribution in [0, 0.1) is 18.3 Å². The van der Waals surface area contributed by atoms with Gasteiger partial charge >= 0.3 is 11.9 Å². The highest BCUT2D eigenvalue weighted by Gasteiger charge is 2.54. The molecule has 2 aliphatic rings. The first kappa shape index (κ1) is 21.8. The minimum atomic E-state index is -0.970. The molecule has 2 heterocycles. The fraction of sp³-hybridized carbons (Fsp3) is 0.292. The number of nitrogens with one attached hydrogen (secondary N) is 2. The zero-order valence-corrected chi connectivity index (χ0v) is 18.8. The van der Waals surface area contributed by atoms with Gasteiger partial charge in [-0.25, -0.2) is 9.59 Å². The molecule has 7 nitrogen and oxygen atoms in total. The zero-order valence-electron chi connectivity index (χ0n) is 18.0. The molecular weight excluding hydrogens is 426 g/mol. The van der Waals surface area contributed by atoms with Gasteiger partial charge in [0.2, 0.25) is 0 Å². The number of carbonyl (C=O) groups excluding carboxylic acids is 2. The lowest BCUT2D eigenvalue weighted by molar-refractivity contribution is -0.146. The number of esters is 2. The van der Waals surface area contributed by atoms with Gasteiger partial charge in [-0.2, -0.15) is 5.26 Å². The van der Waals surface area contributed by atoms with E-state index in [1.807, 2.05) is 49.4 Å². The number of aryl methyl sites for hydroxylation is 1. The lowest BCUT2D eigenvalue weighted by atomic mass is 9.75. The van der Waals surface area contributed by atoms with Crippen molar-refractivity contribution in [3.05, 3.63) is 69.8 Å². The highest BCUT2D eigenvalue weighted by Crippen LogP contribution is 2.55. The summed E-state index contributed by atoms with van der Waals surface area (Å²) in [5.74, 6) is -1.55. The topological polar surface area (TPSA) is 100 Å². The van der Waals surface area contributed by atoms with E-state index in [-0.39, 0.29) is 23.8 Å². The molecule has 2 aromatic rings. The maximum atomic E-state index is 12.7. The highest BCUT2D eigenvalue weighted by molar-refractivity contribution is 8.04. The van der Waals surface area contributed by atoms with Gasteiger partial charge < -0.3 is 20.1 Å². The van der Waals surface area contributed by atoms with Crippen LogP contribution in [-0.2, 0) is 24.6 Å². The van der Waals surface area contributed by atoms with Crippen LogP contribution in [0.15, 0.2) is 53.1 Å². The van der Waals surface area contributed by atoms with Gasteiger partial charge in [0.15, 0.2) is 5.57 Å². The fourth-order valence-corrected chi connectivity index (χ4v) is 5.42. The number of para-hydroxylation sites is 1. The van der Waals surface area contributed by atoms with Gasteiger partial charge in [0.05, 0.1) is 24.3 Å². The Balaban J connectivity index is 1.97. The molecule has 0 amide bonds. The third-order valence-electron chi connectivity index (χ3n) is 5.46. The van der Waals surface area contributed by atoms with Crippen LogP contribution < -0.4 is 10.6 Å². The second-order valence-corrected chi connectivity index (χ2v) is 8.54. The van der Waals surface area contributed by atoms with Crippen molar-refractivity contribution in [2.24, 2.45) is 0 Å². The van der Waals surface area contributed by atoms with E-state index in [1.54, 1.807) is 13.8 Å². The van der Waals surface area contributed by atoms with Crippen LogP contribution in [-0.4, -0.2) is 30.4 Å². The highest BCUT2D eigenvalue weighted by atomic mass is 32.2. The third kappa shape index (κ3) is 3.39. The van der Waals surface area contributed by atoms with Crippen LogP contribution in [0.3, 0.4) is 0 Å². The monoisotopic (exact) mass is 449 g/mol. The molecule has 2 N–H and O–H groups in total. The van der Waals surface area contributed by atoms with E-state index in [0.29, 0.717) is 0 Å². The van der Waals surface area contributed by atoms with E-state index in [0.717, 1.165) is 39.8 Å². The van der Waals surface area contributed by atoms with Crippen LogP contribution in [0.4, 0.5) is 11.4 Å². The Labute approximate surface area is 190 Å². The number of thioether (sulfide) groups is 1. The van der Waals surface area contributed by atoms with Crippen LogP contribution in [0.5, 0.6) is 0 Å². The number of hydrogen-bond donors (Lipinski definition) is 2.